The quantitative estimate of drug-likeness (QED) is 0.445. The molecule has 0 aliphatic carbocycles. The van der Waals surface area contributed by atoms with Crippen molar-refractivity contribution in [1.82, 2.24) is 0 Å². The zero-order valence-corrected chi connectivity index (χ0v) is 14.1. The summed E-state index contributed by atoms with van der Waals surface area (Å²) in [6.45, 7) is 3.72. The second kappa shape index (κ2) is 7.53. The van der Waals surface area contributed by atoms with Crippen LogP contribution in [0.3, 0.4) is 0 Å². The van der Waals surface area contributed by atoms with E-state index in [-0.39, 0.29) is 5.57 Å². The van der Waals surface area contributed by atoms with Gasteiger partial charge in [-0.15, -0.1) is 0 Å². The average Bonchev–Trinajstić information content (AvgIpc) is 2.55. The summed E-state index contributed by atoms with van der Waals surface area (Å²) < 4.78 is 0. The van der Waals surface area contributed by atoms with E-state index < -0.39 is 5.91 Å². The zero-order chi connectivity index (χ0) is 17.7. The van der Waals surface area contributed by atoms with Gasteiger partial charge < -0.3 is 16.4 Å². The van der Waals surface area contributed by atoms with Crippen LogP contribution >= 0.6 is 11.6 Å². The maximum Gasteiger partial charge on any atom is 0.267 e. The first-order valence-electron chi connectivity index (χ1n) is 7.21. The lowest BCUT2D eigenvalue weighted by atomic mass is 10.2. The highest BCUT2D eigenvalue weighted by Gasteiger charge is 2.12. The van der Waals surface area contributed by atoms with Crippen molar-refractivity contribution in [3.8, 4) is 6.07 Å². The lowest BCUT2D eigenvalue weighted by Crippen LogP contribution is -2.15. The van der Waals surface area contributed by atoms with Gasteiger partial charge in [-0.3, -0.25) is 4.79 Å². The van der Waals surface area contributed by atoms with Gasteiger partial charge in [0.2, 0.25) is 0 Å². The van der Waals surface area contributed by atoms with Gasteiger partial charge in [-0.2, -0.15) is 5.26 Å². The molecule has 0 aliphatic rings. The van der Waals surface area contributed by atoms with Crippen LogP contribution in [0.1, 0.15) is 11.1 Å². The predicted molar refractivity (Wildman–Crippen MR) is 97.7 cm³/mol. The molecule has 0 atom stereocenters. The summed E-state index contributed by atoms with van der Waals surface area (Å²) in [4.78, 5) is 12.3. The smallest absolute Gasteiger partial charge is 0.267 e. The van der Waals surface area contributed by atoms with Crippen molar-refractivity contribution < 1.29 is 4.79 Å². The van der Waals surface area contributed by atoms with Gasteiger partial charge in [-0.25, -0.2) is 0 Å². The van der Waals surface area contributed by atoms with E-state index >= 15 is 0 Å². The average molecular weight is 341 g/mol. The van der Waals surface area contributed by atoms with Crippen molar-refractivity contribution in [2.24, 2.45) is 0 Å². The van der Waals surface area contributed by atoms with Gasteiger partial charge in [0.15, 0.2) is 0 Å². The molecular formula is C18H17ClN4O. The minimum absolute atomic E-state index is 0.0738. The molecule has 24 heavy (non-hydrogen) atoms. The van der Waals surface area contributed by atoms with Crippen LogP contribution in [0, 0.1) is 25.2 Å². The number of amides is 1. The highest BCUT2D eigenvalue weighted by molar-refractivity contribution is 6.31. The van der Waals surface area contributed by atoms with Crippen molar-refractivity contribution in [2.45, 2.75) is 13.8 Å². The molecule has 0 aliphatic heterocycles. The van der Waals surface area contributed by atoms with E-state index in [4.69, 9.17) is 17.3 Å². The number of hydrogen-bond acceptors (Lipinski definition) is 4. The Balaban J connectivity index is 2.18. The topological polar surface area (TPSA) is 90.9 Å². The van der Waals surface area contributed by atoms with Crippen molar-refractivity contribution in [1.29, 1.82) is 5.26 Å². The Labute approximate surface area is 145 Å². The summed E-state index contributed by atoms with van der Waals surface area (Å²) >= 11 is 6.03. The molecule has 0 unspecified atom stereocenters. The first kappa shape index (κ1) is 17.4. The van der Waals surface area contributed by atoms with Crippen LogP contribution < -0.4 is 16.4 Å². The largest absolute Gasteiger partial charge is 0.397 e. The number of hydrogen-bond donors (Lipinski definition) is 3. The molecule has 0 saturated carbocycles. The molecule has 1 amide bonds. The van der Waals surface area contributed by atoms with Gasteiger partial charge in [-0.05, 0) is 49.2 Å². The number of benzene rings is 2. The van der Waals surface area contributed by atoms with Crippen LogP contribution in [-0.4, -0.2) is 5.91 Å². The van der Waals surface area contributed by atoms with Gasteiger partial charge in [0.25, 0.3) is 5.91 Å². The van der Waals surface area contributed by atoms with Crippen molar-refractivity contribution >= 4 is 34.6 Å². The van der Waals surface area contributed by atoms with Crippen molar-refractivity contribution in [2.75, 3.05) is 16.4 Å². The third kappa shape index (κ3) is 4.06. The lowest BCUT2D eigenvalue weighted by molar-refractivity contribution is -0.112. The SMILES string of the molecule is Cc1ccc(N)c(N/C=C(/C#N)C(=O)Nc2cccc(Cl)c2C)c1. The van der Waals surface area contributed by atoms with Gasteiger partial charge in [-0.1, -0.05) is 23.7 Å². The van der Waals surface area contributed by atoms with Crippen molar-refractivity contribution in [3.63, 3.8) is 0 Å². The Bertz CT molecular complexity index is 853. The number of nitriles is 1. The molecular weight excluding hydrogens is 324 g/mol. The molecule has 5 nitrogen and oxygen atoms in total. The fourth-order valence-electron chi connectivity index (χ4n) is 2.03. The first-order chi connectivity index (χ1) is 11.4. The summed E-state index contributed by atoms with van der Waals surface area (Å²) in [7, 11) is 0. The standard InChI is InChI=1S/C18H17ClN4O/c1-11-6-7-15(21)17(8-11)22-10-13(9-20)18(24)23-16-5-3-4-14(19)12(16)2/h3-8,10,22H,21H2,1-2H3,(H,23,24)/b13-10-. The number of aryl methyl sites for hydroxylation is 1. The zero-order valence-electron chi connectivity index (χ0n) is 13.4. The van der Waals surface area contributed by atoms with E-state index in [9.17, 15) is 10.1 Å². The number of anilines is 3. The summed E-state index contributed by atoms with van der Waals surface area (Å²) in [5.74, 6) is -0.526. The summed E-state index contributed by atoms with van der Waals surface area (Å²) in [5, 5.41) is 15.3. The number of carbonyl (C=O) groups is 1. The third-order valence-corrected chi connectivity index (χ3v) is 3.87. The van der Waals surface area contributed by atoms with Crippen LogP contribution in [-0.2, 0) is 4.79 Å². The maximum atomic E-state index is 12.3. The van der Waals surface area contributed by atoms with Gasteiger partial charge >= 0.3 is 0 Å². The monoisotopic (exact) mass is 340 g/mol. The fourth-order valence-corrected chi connectivity index (χ4v) is 2.20. The van der Waals surface area contributed by atoms with E-state index in [1.807, 2.05) is 25.1 Å². The second-order valence-corrected chi connectivity index (χ2v) is 5.68. The van der Waals surface area contributed by atoms with E-state index in [0.29, 0.717) is 22.1 Å². The van der Waals surface area contributed by atoms with Crippen LogP contribution in [0.5, 0.6) is 0 Å². The molecule has 0 spiro atoms. The molecule has 2 rings (SSSR count). The molecule has 0 bridgehead atoms. The first-order valence-corrected chi connectivity index (χ1v) is 7.59. The van der Waals surface area contributed by atoms with Gasteiger partial charge in [0.1, 0.15) is 11.6 Å². The second-order valence-electron chi connectivity index (χ2n) is 5.27. The molecule has 0 saturated heterocycles. The molecule has 6 heteroatoms. The summed E-state index contributed by atoms with van der Waals surface area (Å²) in [5.41, 5.74) is 9.26. The predicted octanol–water partition coefficient (Wildman–Crippen LogP) is 4.00. The molecule has 2 aromatic rings. The van der Waals surface area contributed by atoms with Crippen LogP contribution in [0.25, 0.3) is 0 Å². The highest BCUT2D eigenvalue weighted by atomic mass is 35.5. The Morgan fingerprint density at radius 3 is 2.71 bits per heavy atom. The van der Waals surface area contributed by atoms with E-state index in [1.54, 1.807) is 31.2 Å². The number of nitrogens with zero attached hydrogens (tertiary/aromatic N) is 1. The Morgan fingerprint density at radius 1 is 1.25 bits per heavy atom. The minimum Gasteiger partial charge on any atom is -0.397 e. The molecule has 0 fully saturated rings. The van der Waals surface area contributed by atoms with Gasteiger partial charge in [0.05, 0.1) is 11.4 Å². The molecule has 2 aromatic carbocycles. The maximum absolute atomic E-state index is 12.3. The van der Waals surface area contributed by atoms with E-state index in [2.05, 4.69) is 10.6 Å². The number of nitrogens with two attached hydrogens (primary N) is 1. The number of nitrogen functional groups attached to an aromatic ring is 1. The highest BCUT2D eigenvalue weighted by Crippen LogP contribution is 2.23. The normalized spacial score (nSPS) is 10.8. The van der Waals surface area contributed by atoms with Gasteiger partial charge in [0, 0.05) is 16.9 Å². The third-order valence-electron chi connectivity index (χ3n) is 3.46. The molecule has 4 N–H and O–H groups in total. The molecule has 0 aromatic heterocycles. The Morgan fingerprint density at radius 2 is 2.00 bits per heavy atom. The van der Waals surface area contributed by atoms with Crippen molar-refractivity contribution in [3.05, 3.63) is 64.3 Å². The summed E-state index contributed by atoms with van der Waals surface area (Å²) in [6.07, 6.45) is 1.33. The van der Waals surface area contributed by atoms with Crippen LogP contribution in [0.4, 0.5) is 17.1 Å². The molecule has 0 radical (unpaired) electrons. The van der Waals surface area contributed by atoms with Crippen LogP contribution in [0.2, 0.25) is 5.02 Å². The van der Waals surface area contributed by atoms with E-state index in [0.717, 1.165) is 11.1 Å². The minimum atomic E-state index is -0.526. The van der Waals surface area contributed by atoms with E-state index in [1.165, 1.54) is 6.20 Å². The fraction of sp³-hybridized carbons (Fsp3) is 0.111. The molecule has 0 heterocycles. The Hall–Kier alpha value is -2.97. The number of rotatable bonds is 4. The lowest BCUT2D eigenvalue weighted by Gasteiger charge is -2.10. The Kier molecular flexibility index (Phi) is 5.46. The molecule has 122 valence electrons. The van der Waals surface area contributed by atoms with Crippen LogP contribution in [0.15, 0.2) is 48.2 Å². The number of halogens is 1. The number of carbonyl (C=O) groups excluding carboxylic acids is 1. The summed E-state index contributed by atoms with van der Waals surface area (Å²) in [6, 6.07) is 12.5. The number of nitrogens with one attached hydrogen (secondary N) is 2.